The fourth-order valence-corrected chi connectivity index (χ4v) is 3.25. The van der Waals surface area contributed by atoms with Gasteiger partial charge in [0.05, 0.1) is 0 Å². The summed E-state index contributed by atoms with van der Waals surface area (Å²) in [5, 5.41) is -1.51. The number of hydrogen-bond donors (Lipinski definition) is 1. The average Bonchev–Trinajstić information content (AvgIpc) is 2.39. The number of carbonyl (C=O) groups is 1. The standard InChI is InChI=1S/C13H17NO4S/c15-13(14-9-5-2-6-10-14)12(19(16,17)18)11-7-3-1-4-8-11/h1,3-4,7-8,12H,2,5-6,9-10H2,(H,16,17,18). The van der Waals surface area contributed by atoms with E-state index >= 15 is 0 Å². The van der Waals surface area contributed by atoms with E-state index in [1.807, 2.05) is 0 Å². The van der Waals surface area contributed by atoms with E-state index in [1.54, 1.807) is 30.3 Å². The zero-order valence-corrected chi connectivity index (χ0v) is 11.3. The Morgan fingerprint density at radius 1 is 1.11 bits per heavy atom. The summed E-state index contributed by atoms with van der Waals surface area (Å²) in [5.41, 5.74) is 0.306. The molecule has 0 bridgehead atoms. The second kappa shape index (κ2) is 5.71. The molecule has 1 aromatic carbocycles. The lowest BCUT2D eigenvalue weighted by molar-refractivity contribution is -0.131. The minimum absolute atomic E-state index is 0.306. The number of amides is 1. The molecule has 1 N–H and O–H groups in total. The summed E-state index contributed by atoms with van der Waals surface area (Å²) in [7, 11) is -4.46. The number of hydrogen-bond acceptors (Lipinski definition) is 3. The minimum atomic E-state index is -4.46. The summed E-state index contributed by atoms with van der Waals surface area (Å²) >= 11 is 0. The van der Waals surface area contributed by atoms with Crippen molar-refractivity contribution in [3.63, 3.8) is 0 Å². The topological polar surface area (TPSA) is 74.7 Å². The Balaban J connectivity index is 2.31. The van der Waals surface area contributed by atoms with Gasteiger partial charge in [0.15, 0.2) is 5.25 Å². The highest BCUT2D eigenvalue weighted by atomic mass is 32.2. The molecule has 0 aromatic heterocycles. The molecule has 0 spiro atoms. The zero-order valence-electron chi connectivity index (χ0n) is 10.5. The van der Waals surface area contributed by atoms with E-state index in [4.69, 9.17) is 0 Å². The number of nitrogens with zero attached hydrogens (tertiary/aromatic N) is 1. The van der Waals surface area contributed by atoms with E-state index in [-0.39, 0.29) is 0 Å². The molecule has 0 saturated carbocycles. The summed E-state index contributed by atoms with van der Waals surface area (Å²) in [6.45, 7) is 1.11. The lowest BCUT2D eigenvalue weighted by Gasteiger charge is -2.29. The highest BCUT2D eigenvalue weighted by Gasteiger charge is 2.36. The van der Waals surface area contributed by atoms with Crippen LogP contribution in [0.5, 0.6) is 0 Å². The Bertz CT molecular complexity index is 535. The third-order valence-electron chi connectivity index (χ3n) is 3.29. The Labute approximate surface area is 113 Å². The maximum absolute atomic E-state index is 12.3. The van der Waals surface area contributed by atoms with Gasteiger partial charge in [-0.3, -0.25) is 9.35 Å². The van der Waals surface area contributed by atoms with Crippen LogP contribution in [0.25, 0.3) is 0 Å². The van der Waals surface area contributed by atoms with E-state index < -0.39 is 21.3 Å². The first-order chi connectivity index (χ1) is 9.00. The Morgan fingerprint density at radius 3 is 2.21 bits per heavy atom. The Morgan fingerprint density at radius 2 is 1.68 bits per heavy atom. The van der Waals surface area contributed by atoms with Crippen LogP contribution < -0.4 is 0 Å². The molecule has 1 atom stereocenters. The molecule has 1 aliphatic heterocycles. The average molecular weight is 283 g/mol. The van der Waals surface area contributed by atoms with Crippen molar-refractivity contribution in [2.75, 3.05) is 13.1 Å². The summed E-state index contributed by atoms with van der Waals surface area (Å²) in [6.07, 6.45) is 2.79. The molecular formula is C13H17NO4S. The molecule has 2 rings (SSSR count). The van der Waals surface area contributed by atoms with E-state index in [2.05, 4.69) is 0 Å². The van der Waals surface area contributed by atoms with Crippen molar-refractivity contribution < 1.29 is 17.8 Å². The number of likely N-dealkylation sites (tertiary alicyclic amines) is 1. The van der Waals surface area contributed by atoms with Crippen LogP contribution in [-0.4, -0.2) is 36.9 Å². The number of piperidine rings is 1. The predicted molar refractivity (Wildman–Crippen MR) is 71.2 cm³/mol. The SMILES string of the molecule is O=C(C(c1ccccc1)S(=O)(=O)O)N1CCCCC1. The van der Waals surface area contributed by atoms with E-state index in [0.29, 0.717) is 18.7 Å². The highest BCUT2D eigenvalue weighted by molar-refractivity contribution is 7.86. The van der Waals surface area contributed by atoms with Gasteiger partial charge in [0.2, 0.25) is 5.91 Å². The van der Waals surface area contributed by atoms with Crippen molar-refractivity contribution in [2.24, 2.45) is 0 Å². The maximum Gasteiger partial charge on any atom is 0.281 e. The highest BCUT2D eigenvalue weighted by Crippen LogP contribution is 2.25. The minimum Gasteiger partial charge on any atom is -0.341 e. The fraction of sp³-hybridized carbons (Fsp3) is 0.462. The molecule has 5 nitrogen and oxygen atoms in total. The normalized spacial score (nSPS) is 18.1. The van der Waals surface area contributed by atoms with Gasteiger partial charge >= 0.3 is 0 Å². The van der Waals surface area contributed by atoms with Crippen LogP contribution in [0.2, 0.25) is 0 Å². The number of carbonyl (C=O) groups excluding carboxylic acids is 1. The third kappa shape index (κ3) is 3.33. The van der Waals surface area contributed by atoms with Crippen LogP contribution in [0, 0.1) is 0 Å². The molecule has 1 amide bonds. The quantitative estimate of drug-likeness (QED) is 0.856. The van der Waals surface area contributed by atoms with Gasteiger partial charge < -0.3 is 4.90 Å². The largest absolute Gasteiger partial charge is 0.341 e. The first-order valence-electron chi connectivity index (χ1n) is 6.30. The monoisotopic (exact) mass is 283 g/mol. The van der Waals surface area contributed by atoms with Gasteiger partial charge in [0.25, 0.3) is 10.1 Å². The summed E-state index contributed by atoms with van der Waals surface area (Å²) in [4.78, 5) is 13.9. The van der Waals surface area contributed by atoms with Crippen molar-refractivity contribution >= 4 is 16.0 Å². The Hall–Kier alpha value is -1.40. The maximum atomic E-state index is 12.3. The van der Waals surface area contributed by atoms with Gasteiger partial charge in [-0.25, -0.2) is 0 Å². The molecule has 1 heterocycles. The molecule has 6 heteroatoms. The molecule has 1 fully saturated rings. The second-order valence-electron chi connectivity index (χ2n) is 4.69. The Kier molecular flexibility index (Phi) is 4.21. The van der Waals surface area contributed by atoms with Gasteiger partial charge in [0.1, 0.15) is 0 Å². The molecule has 0 aliphatic carbocycles. The lowest BCUT2D eigenvalue weighted by Crippen LogP contribution is -2.41. The van der Waals surface area contributed by atoms with Crippen molar-refractivity contribution in [3.05, 3.63) is 35.9 Å². The first-order valence-corrected chi connectivity index (χ1v) is 7.80. The number of rotatable bonds is 3. The smallest absolute Gasteiger partial charge is 0.281 e. The molecule has 1 aromatic rings. The van der Waals surface area contributed by atoms with E-state index in [0.717, 1.165) is 19.3 Å². The van der Waals surface area contributed by atoms with Crippen LogP contribution in [0.1, 0.15) is 30.1 Å². The van der Waals surface area contributed by atoms with Gasteiger partial charge in [-0.05, 0) is 24.8 Å². The van der Waals surface area contributed by atoms with Crippen LogP contribution in [0.4, 0.5) is 0 Å². The van der Waals surface area contributed by atoms with Gasteiger partial charge in [-0.1, -0.05) is 30.3 Å². The van der Waals surface area contributed by atoms with Crippen molar-refractivity contribution in [1.82, 2.24) is 4.90 Å². The molecule has 19 heavy (non-hydrogen) atoms. The zero-order chi connectivity index (χ0) is 13.9. The fourth-order valence-electron chi connectivity index (χ4n) is 2.35. The van der Waals surface area contributed by atoms with E-state index in [1.165, 1.54) is 4.90 Å². The lowest BCUT2D eigenvalue weighted by atomic mass is 10.1. The second-order valence-corrected chi connectivity index (χ2v) is 6.19. The summed E-state index contributed by atoms with van der Waals surface area (Å²) in [5.74, 6) is -0.534. The summed E-state index contributed by atoms with van der Waals surface area (Å²) in [6, 6.07) is 8.12. The van der Waals surface area contributed by atoms with Gasteiger partial charge in [-0.15, -0.1) is 0 Å². The molecular weight excluding hydrogens is 266 g/mol. The van der Waals surface area contributed by atoms with Crippen molar-refractivity contribution in [2.45, 2.75) is 24.5 Å². The van der Waals surface area contributed by atoms with Crippen LogP contribution in [-0.2, 0) is 14.9 Å². The van der Waals surface area contributed by atoms with Gasteiger partial charge in [0, 0.05) is 13.1 Å². The van der Waals surface area contributed by atoms with E-state index in [9.17, 15) is 17.8 Å². The van der Waals surface area contributed by atoms with Crippen LogP contribution in [0.15, 0.2) is 30.3 Å². The molecule has 0 radical (unpaired) electrons. The molecule has 1 unspecified atom stereocenters. The summed E-state index contributed by atoms with van der Waals surface area (Å²) < 4.78 is 32.4. The van der Waals surface area contributed by atoms with Crippen LogP contribution in [0.3, 0.4) is 0 Å². The predicted octanol–water partition coefficient (Wildman–Crippen LogP) is 1.63. The number of benzene rings is 1. The van der Waals surface area contributed by atoms with Gasteiger partial charge in [-0.2, -0.15) is 8.42 Å². The third-order valence-corrected chi connectivity index (χ3v) is 4.36. The van der Waals surface area contributed by atoms with Crippen LogP contribution >= 0.6 is 0 Å². The van der Waals surface area contributed by atoms with Crippen molar-refractivity contribution in [1.29, 1.82) is 0 Å². The molecule has 1 aliphatic rings. The molecule has 1 saturated heterocycles. The molecule has 104 valence electrons. The van der Waals surface area contributed by atoms with Crippen molar-refractivity contribution in [3.8, 4) is 0 Å². The first kappa shape index (κ1) is 14.0.